The summed E-state index contributed by atoms with van der Waals surface area (Å²) >= 11 is 0. The van der Waals surface area contributed by atoms with Crippen LogP contribution in [0.2, 0.25) is 0 Å². The summed E-state index contributed by atoms with van der Waals surface area (Å²) in [5.41, 5.74) is 0. The summed E-state index contributed by atoms with van der Waals surface area (Å²) in [6, 6.07) is 0. The Morgan fingerprint density at radius 3 is 1.62 bits per heavy atom. The average molecular weight is 348 g/mol. The smallest absolute Gasteiger partial charge is 0.781 e. The number of hydrogen-bond acceptors (Lipinski definition) is 5. The molecule has 21 heavy (non-hydrogen) atoms. The molecule has 1 atom stereocenters. The van der Waals surface area contributed by atoms with Gasteiger partial charge in [-0.1, -0.05) is 51.4 Å². The normalized spacial score (nSPS) is 12.1. The van der Waals surface area contributed by atoms with E-state index in [1.54, 1.807) is 0 Å². The van der Waals surface area contributed by atoms with E-state index in [1.807, 2.05) is 6.92 Å². The molecule has 0 radical (unpaired) electrons. The van der Waals surface area contributed by atoms with Gasteiger partial charge in [0.25, 0.3) is 0 Å². The van der Waals surface area contributed by atoms with E-state index in [-0.39, 0.29) is 51.4 Å². The van der Waals surface area contributed by atoms with Crippen LogP contribution in [0.15, 0.2) is 0 Å². The van der Waals surface area contributed by atoms with E-state index in [9.17, 15) is 9.46 Å². The first-order chi connectivity index (χ1) is 9.77. The van der Waals surface area contributed by atoms with E-state index in [1.165, 1.54) is 44.9 Å². The fourth-order valence-corrected chi connectivity index (χ4v) is 2.29. The van der Waals surface area contributed by atoms with Crippen LogP contribution >= 0.6 is 8.25 Å². The summed E-state index contributed by atoms with van der Waals surface area (Å²) in [5, 5.41) is 0. The molecular weight excluding hydrogens is 318 g/mol. The maximum absolute atomic E-state index is 10.2. The number of rotatable bonds is 16. The van der Waals surface area contributed by atoms with Gasteiger partial charge in [-0.2, -0.15) is 0 Å². The predicted octanol–water partition coefficient (Wildman–Crippen LogP) is 0.626. The quantitative estimate of drug-likeness (QED) is 0.135. The van der Waals surface area contributed by atoms with Gasteiger partial charge in [0.1, 0.15) is 8.25 Å². The second kappa shape index (κ2) is 21.7. The van der Waals surface area contributed by atoms with Gasteiger partial charge in [-0.05, 0) is 19.8 Å². The zero-order valence-corrected chi connectivity index (χ0v) is 17.9. The van der Waals surface area contributed by atoms with E-state index in [0.717, 1.165) is 19.3 Å². The van der Waals surface area contributed by atoms with Gasteiger partial charge < -0.3 is 14.0 Å². The molecule has 0 amide bonds. The van der Waals surface area contributed by atoms with Gasteiger partial charge in [0, 0.05) is 0 Å². The third-order valence-electron chi connectivity index (χ3n) is 3.04. The zero-order chi connectivity index (χ0) is 14.9. The van der Waals surface area contributed by atoms with Gasteiger partial charge in [0.15, 0.2) is 0 Å². The molecule has 0 aromatic heterocycles. The number of hydrogen-bond donors (Lipinski definition) is 0. The summed E-state index contributed by atoms with van der Waals surface area (Å²) in [5.74, 6) is 0. The van der Waals surface area contributed by atoms with Crippen LogP contribution in [-0.4, -0.2) is 19.8 Å². The topological polar surface area (TPSA) is 67.8 Å². The molecule has 5 nitrogen and oxygen atoms in total. The minimum Gasteiger partial charge on any atom is -0.781 e. The van der Waals surface area contributed by atoms with Crippen molar-refractivity contribution in [3.63, 3.8) is 0 Å². The summed E-state index contributed by atoms with van der Waals surface area (Å²) < 4.78 is 14.7. The Morgan fingerprint density at radius 2 is 1.19 bits per heavy atom. The van der Waals surface area contributed by atoms with Crippen molar-refractivity contribution in [2.75, 3.05) is 19.8 Å². The molecule has 7 heteroatoms. The summed E-state index contributed by atoms with van der Waals surface area (Å²) in [7, 11) is -2.97. The van der Waals surface area contributed by atoms with Crippen LogP contribution in [0.3, 0.4) is 0 Å². The first kappa shape index (κ1) is 25.0. The van der Waals surface area contributed by atoms with E-state index in [2.05, 4.69) is 4.52 Å². The SMILES string of the molecule is CCOOCCCCCCCCCCCCO[PH](=O)[O-].[K+]. The van der Waals surface area contributed by atoms with Crippen LogP contribution in [0.4, 0.5) is 0 Å². The fraction of sp³-hybridized carbons (Fsp3) is 1.00. The Labute approximate surface area is 172 Å². The van der Waals surface area contributed by atoms with Gasteiger partial charge in [-0.3, -0.25) is 0 Å². The van der Waals surface area contributed by atoms with Crippen molar-refractivity contribution in [2.45, 2.75) is 71.1 Å². The van der Waals surface area contributed by atoms with E-state index in [0.29, 0.717) is 19.8 Å². The van der Waals surface area contributed by atoms with Gasteiger partial charge in [0.05, 0.1) is 19.8 Å². The zero-order valence-electron chi connectivity index (χ0n) is 13.7. The Hall–Kier alpha value is 1.71. The van der Waals surface area contributed by atoms with Crippen molar-refractivity contribution in [3.05, 3.63) is 0 Å². The standard InChI is InChI=1S/C14H31O5P.K/c1-2-17-18-13-11-9-7-5-3-4-6-8-10-12-14-19-20(15)16;/h20H,2-14H2,1H3,(H,15,16);/q;+1/p-1. The Balaban J connectivity index is 0. The predicted molar refractivity (Wildman–Crippen MR) is 78.7 cm³/mol. The van der Waals surface area contributed by atoms with Crippen molar-refractivity contribution in [3.8, 4) is 0 Å². The van der Waals surface area contributed by atoms with Gasteiger partial charge in [0.2, 0.25) is 0 Å². The third kappa shape index (κ3) is 24.1. The van der Waals surface area contributed by atoms with Crippen molar-refractivity contribution in [1.82, 2.24) is 0 Å². The Bertz CT molecular complexity index is 220. The third-order valence-corrected chi connectivity index (χ3v) is 3.48. The fourth-order valence-electron chi connectivity index (χ4n) is 1.98. The molecule has 122 valence electrons. The molecule has 0 aromatic rings. The second-order valence-corrected chi connectivity index (χ2v) is 5.65. The van der Waals surface area contributed by atoms with Crippen LogP contribution in [0.1, 0.15) is 71.1 Å². The van der Waals surface area contributed by atoms with Crippen LogP contribution in [0, 0.1) is 0 Å². The second-order valence-electron chi connectivity index (χ2n) is 4.86. The largest absolute Gasteiger partial charge is 1.00 e. The molecule has 0 N–H and O–H groups in total. The Morgan fingerprint density at radius 1 is 0.762 bits per heavy atom. The molecule has 0 aliphatic heterocycles. The Kier molecular flexibility index (Phi) is 25.8. The molecule has 0 fully saturated rings. The molecule has 0 bridgehead atoms. The summed E-state index contributed by atoms with van der Waals surface area (Å²) in [6.07, 6.45) is 11.7. The first-order valence-corrected chi connectivity index (χ1v) is 9.08. The molecule has 0 aliphatic rings. The molecule has 0 aromatic carbocycles. The van der Waals surface area contributed by atoms with Crippen LogP contribution in [-0.2, 0) is 18.9 Å². The van der Waals surface area contributed by atoms with Crippen molar-refractivity contribution in [2.24, 2.45) is 0 Å². The van der Waals surface area contributed by atoms with E-state index >= 15 is 0 Å². The van der Waals surface area contributed by atoms with Gasteiger partial charge in [-0.25, -0.2) is 9.78 Å². The van der Waals surface area contributed by atoms with Crippen molar-refractivity contribution in [1.29, 1.82) is 0 Å². The average Bonchev–Trinajstić information content (AvgIpc) is 2.43. The minimum absolute atomic E-state index is 0. The van der Waals surface area contributed by atoms with Crippen molar-refractivity contribution >= 4 is 8.25 Å². The minimum atomic E-state index is -2.97. The molecular formula is C14H30KO5P. The molecule has 0 aliphatic carbocycles. The van der Waals surface area contributed by atoms with Gasteiger partial charge >= 0.3 is 51.4 Å². The maximum Gasteiger partial charge on any atom is 1.00 e. The first-order valence-electron chi connectivity index (χ1n) is 7.85. The molecule has 0 saturated carbocycles. The molecule has 0 saturated heterocycles. The number of unbranched alkanes of at least 4 members (excludes halogenated alkanes) is 9. The summed E-state index contributed by atoms with van der Waals surface area (Å²) in [4.78, 5) is 19.9. The summed E-state index contributed by atoms with van der Waals surface area (Å²) in [6.45, 7) is 3.58. The van der Waals surface area contributed by atoms with Crippen molar-refractivity contribution < 1.29 is 75.1 Å². The molecule has 0 spiro atoms. The van der Waals surface area contributed by atoms with Crippen LogP contribution < -0.4 is 56.3 Å². The maximum atomic E-state index is 10.2. The van der Waals surface area contributed by atoms with E-state index < -0.39 is 8.25 Å². The van der Waals surface area contributed by atoms with E-state index in [4.69, 9.17) is 9.78 Å². The monoisotopic (exact) mass is 348 g/mol. The molecule has 0 heterocycles. The van der Waals surface area contributed by atoms with Gasteiger partial charge in [-0.15, -0.1) is 0 Å². The van der Waals surface area contributed by atoms with Crippen LogP contribution in [0.5, 0.6) is 0 Å². The molecule has 1 unspecified atom stereocenters. The molecule has 0 rings (SSSR count). The van der Waals surface area contributed by atoms with Crippen LogP contribution in [0.25, 0.3) is 0 Å².